The van der Waals surface area contributed by atoms with Crippen LogP contribution in [0.15, 0.2) is 17.1 Å². The first-order chi connectivity index (χ1) is 13.4. The molecule has 6 nitrogen and oxygen atoms in total. The Labute approximate surface area is 165 Å². The third-order valence-electron chi connectivity index (χ3n) is 6.56. The van der Waals surface area contributed by atoms with Crippen LogP contribution in [-0.2, 0) is 0 Å². The Bertz CT molecular complexity index is 1070. The van der Waals surface area contributed by atoms with Crippen molar-refractivity contribution in [3.05, 3.63) is 38.9 Å². The number of anilines is 1. The number of fused-ring (bicyclic) bond motifs is 1. The molecule has 0 bridgehead atoms. The highest BCUT2D eigenvalue weighted by Crippen LogP contribution is 2.54. The molecule has 28 heavy (non-hydrogen) atoms. The lowest BCUT2D eigenvalue weighted by Gasteiger charge is -2.23. The first-order valence-electron chi connectivity index (χ1n) is 9.58. The van der Waals surface area contributed by atoms with Crippen molar-refractivity contribution in [3.8, 4) is 0 Å². The molecule has 3 aliphatic rings. The van der Waals surface area contributed by atoms with Crippen molar-refractivity contribution >= 4 is 34.2 Å². The predicted molar refractivity (Wildman–Crippen MR) is 105 cm³/mol. The standard InChI is InChI=1S/C20H21ClFN3O3/c1-23-14-8-24(9-20(14)4-5-20)17-13(22)6-11-16(15(17)21)25(10-2-3-10)7-12(18(11)26)19(27)28/h6-7,10,14,23H,2-5,8-9H2,1H3,(H,27,28). The molecule has 2 N–H and O–H groups in total. The molecule has 1 aliphatic heterocycles. The zero-order chi connectivity index (χ0) is 19.8. The van der Waals surface area contributed by atoms with Gasteiger partial charge in [0.1, 0.15) is 11.4 Å². The molecule has 0 radical (unpaired) electrons. The van der Waals surface area contributed by atoms with Crippen molar-refractivity contribution in [1.29, 1.82) is 0 Å². The average Bonchev–Trinajstić information content (AvgIpc) is 3.54. The summed E-state index contributed by atoms with van der Waals surface area (Å²) >= 11 is 6.70. The van der Waals surface area contributed by atoms with E-state index in [1.54, 1.807) is 4.57 Å². The van der Waals surface area contributed by atoms with Gasteiger partial charge < -0.3 is 19.9 Å². The van der Waals surface area contributed by atoms with Crippen molar-refractivity contribution in [3.63, 3.8) is 0 Å². The molecule has 2 saturated carbocycles. The minimum absolute atomic E-state index is 0.0311. The third-order valence-corrected chi connectivity index (χ3v) is 6.92. The fraction of sp³-hybridized carbons (Fsp3) is 0.500. The number of hydrogen-bond donors (Lipinski definition) is 2. The number of nitrogens with zero attached hydrogens (tertiary/aromatic N) is 2. The Balaban J connectivity index is 1.72. The van der Waals surface area contributed by atoms with Crippen LogP contribution in [0.5, 0.6) is 0 Å². The summed E-state index contributed by atoms with van der Waals surface area (Å²) in [7, 11) is 1.92. The molecular formula is C20H21ClFN3O3. The lowest BCUT2D eigenvalue weighted by atomic mass is 10.0. The molecule has 0 amide bonds. The topological polar surface area (TPSA) is 74.6 Å². The summed E-state index contributed by atoms with van der Waals surface area (Å²) in [4.78, 5) is 26.1. The van der Waals surface area contributed by atoms with E-state index in [0.717, 1.165) is 38.3 Å². The maximum atomic E-state index is 15.2. The van der Waals surface area contributed by atoms with Crippen molar-refractivity contribution in [2.45, 2.75) is 37.8 Å². The maximum Gasteiger partial charge on any atom is 0.341 e. The van der Waals surface area contributed by atoms with Gasteiger partial charge in [0, 0.05) is 36.8 Å². The molecule has 1 unspecified atom stereocenters. The zero-order valence-corrected chi connectivity index (χ0v) is 16.2. The highest BCUT2D eigenvalue weighted by molar-refractivity contribution is 6.38. The van der Waals surface area contributed by atoms with Crippen molar-refractivity contribution in [2.24, 2.45) is 5.41 Å². The van der Waals surface area contributed by atoms with Gasteiger partial charge in [0.2, 0.25) is 5.43 Å². The smallest absolute Gasteiger partial charge is 0.341 e. The van der Waals surface area contributed by atoms with E-state index in [-0.39, 0.29) is 33.5 Å². The van der Waals surface area contributed by atoms with Crippen molar-refractivity contribution in [2.75, 3.05) is 25.0 Å². The second-order valence-electron chi connectivity index (χ2n) is 8.32. The van der Waals surface area contributed by atoms with Crippen LogP contribution in [-0.4, -0.2) is 41.8 Å². The largest absolute Gasteiger partial charge is 0.477 e. The molecule has 1 aromatic carbocycles. The maximum absolute atomic E-state index is 15.2. The number of carbonyl (C=O) groups is 1. The number of carboxylic acids is 1. The lowest BCUT2D eigenvalue weighted by Crippen LogP contribution is -2.34. The number of rotatable bonds is 4. The van der Waals surface area contributed by atoms with Gasteiger partial charge in [-0.1, -0.05) is 11.6 Å². The second kappa shape index (κ2) is 5.94. The summed E-state index contributed by atoms with van der Waals surface area (Å²) in [5.41, 5.74) is -0.123. The summed E-state index contributed by atoms with van der Waals surface area (Å²) in [5, 5.41) is 12.9. The van der Waals surface area contributed by atoms with Crippen LogP contribution in [0.4, 0.5) is 10.1 Å². The number of aromatic nitrogens is 1. The van der Waals surface area contributed by atoms with E-state index in [4.69, 9.17) is 11.6 Å². The van der Waals surface area contributed by atoms with Gasteiger partial charge in [0.25, 0.3) is 0 Å². The van der Waals surface area contributed by atoms with E-state index in [1.165, 1.54) is 6.20 Å². The number of benzene rings is 1. The van der Waals surface area contributed by atoms with E-state index in [9.17, 15) is 14.7 Å². The first-order valence-corrected chi connectivity index (χ1v) is 9.96. The third kappa shape index (κ3) is 2.49. The summed E-state index contributed by atoms with van der Waals surface area (Å²) in [6.45, 7) is 1.38. The summed E-state index contributed by atoms with van der Waals surface area (Å²) < 4.78 is 16.9. The van der Waals surface area contributed by atoms with Gasteiger partial charge in [-0.2, -0.15) is 0 Å². The highest BCUT2D eigenvalue weighted by Gasteiger charge is 2.55. The number of halogens is 2. The zero-order valence-electron chi connectivity index (χ0n) is 15.5. The molecule has 8 heteroatoms. The van der Waals surface area contributed by atoms with Gasteiger partial charge in [-0.05, 0) is 38.8 Å². The second-order valence-corrected chi connectivity index (χ2v) is 8.69. The van der Waals surface area contributed by atoms with E-state index in [0.29, 0.717) is 17.7 Å². The van der Waals surface area contributed by atoms with Crippen LogP contribution < -0.4 is 15.6 Å². The van der Waals surface area contributed by atoms with Crippen LogP contribution in [0, 0.1) is 11.2 Å². The number of nitrogens with one attached hydrogen (secondary N) is 1. The number of carboxylic acid groups (broad SMARTS) is 1. The average molecular weight is 406 g/mol. The van der Waals surface area contributed by atoms with E-state index >= 15 is 4.39 Å². The Hall–Kier alpha value is -2.12. The quantitative estimate of drug-likeness (QED) is 0.817. The number of pyridine rings is 1. The Morgan fingerprint density at radius 2 is 2.11 bits per heavy atom. The number of hydrogen-bond acceptors (Lipinski definition) is 4. The van der Waals surface area contributed by atoms with E-state index in [2.05, 4.69) is 5.32 Å². The van der Waals surface area contributed by atoms with Crippen LogP contribution >= 0.6 is 11.6 Å². The SMILES string of the molecule is CNC1CN(c2c(F)cc3c(=O)c(C(=O)O)cn(C4CC4)c3c2Cl)CC12CC2. The van der Waals surface area contributed by atoms with Crippen molar-refractivity contribution in [1.82, 2.24) is 9.88 Å². The first kappa shape index (κ1) is 17.9. The highest BCUT2D eigenvalue weighted by atomic mass is 35.5. The molecule has 3 fully saturated rings. The normalized spacial score (nSPS) is 23.0. The molecule has 148 valence electrons. The van der Waals surface area contributed by atoms with Crippen molar-refractivity contribution < 1.29 is 14.3 Å². The molecule has 1 saturated heterocycles. The van der Waals surface area contributed by atoms with Gasteiger partial charge in [-0.25, -0.2) is 9.18 Å². The molecule has 2 aromatic rings. The molecule has 1 atom stereocenters. The van der Waals surface area contributed by atoms with Gasteiger partial charge in [0.05, 0.1) is 21.6 Å². The fourth-order valence-corrected chi connectivity index (χ4v) is 5.13. The minimum Gasteiger partial charge on any atom is -0.477 e. The van der Waals surface area contributed by atoms with Crippen LogP contribution in [0.2, 0.25) is 5.02 Å². The molecule has 5 rings (SSSR count). The van der Waals surface area contributed by atoms with Gasteiger partial charge in [0.15, 0.2) is 0 Å². The van der Waals surface area contributed by atoms with Crippen LogP contribution in [0.3, 0.4) is 0 Å². The predicted octanol–water partition coefficient (Wildman–Crippen LogP) is 3.02. The lowest BCUT2D eigenvalue weighted by molar-refractivity contribution is 0.0695. The van der Waals surface area contributed by atoms with Crippen LogP contribution in [0.25, 0.3) is 10.9 Å². The summed E-state index contributed by atoms with van der Waals surface area (Å²) in [6.07, 6.45) is 5.34. The van der Waals surface area contributed by atoms with Gasteiger partial charge in [-0.15, -0.1) is 0 Å². The monoisotopic (exact) mass is 405 g/mol. The molecule has 1 spiro atoms. The summed E-state index contributed by atoms with van der Waals surface area (Å²) in [5.74, 6) is -1.89. The minimum atomic E-state index is -1.31. The van der Waals surface area contributed by atoms with E-state index < -0.39 is 17.2 Å². The Morgan fingerprint density at radius 3 is 2.64 bits per heavy atom. The van der Waals surface area contributed by atoms with Gasteiger partial charge >= 0.3 is 5.97 Å². The molecular weight excluding hydrogens is 385 g/mol. The Kier molecular flexibility index (Phi) is 3.81. The fourth-order valence-electron chi connectivity index (χ4n) is 4.72. The summed E-state index contributed by atoms with van der Waals surface area (Å²) in [6, 6.07) is 1.53. The number of aromatic carboxylic acids is 1. The van der Waals surface area contributed by atoms with E-state index in [1.807, 2.05) is 11.9 Å². The molecule has 2 aliphatic carbocycles. The van der Waals surface area contributed by atoms with Crippen LogP contribution in [0.1, 0.15) is 42.1 Å². The molecule has 1 aromatic heterocycles. The number of likely N-dealkylation sites (N-methyl/N-ethyl adjacent to an activating group) is 1. The van der Waals surface area contributed by atoms with Gasteiger partial charge in [-0.3, -0.25) is 4.79 Å². The molecule has 2 heterocycles. The Morgan fingerprint density at radius 1 is 1.39 bits per heavy atom.